The van der Waals surface area contributed by atoms with Crippen LogP contribution in [0, 0.1) is 5.92 Å². The Labute approximate surface area is 97.2 Å². The molecule has 4 heteroatoms. The largest absolute Gasteiger partial charge is 0.376 e. The van der Waals surface area contributed by atoms with E-state index in [2.05, 4.69) is 13.8 Å². The fourth-order valence-corrected chi connectivity index (χ4v) is 2.11. The summed E-state index contributed by atoms with van der Waals surface area (Å²) >= 11 is 0. The van der Waals surface area contributed by atoms with E-state index in [0.29, 0.717) is 12.5 Å². The Balaban J connectivity index is 1.84. The summed E-state index contributed by atoms with van der Waals surface area (Å²) < 4.78 is 22.5. The molecule has 0 radical (unpaired) electrons. The van der Waals surface area contributed by atoms with Crippen molar-refractivity contribution in [2.24, 2.45) is 5.92 Å². The first-order valence-electron chi connectivity index (χ1n) is 6.16. The van der Waals surface area contributed by atoms with E-state index in [1.807, 2.05) is 0 Å². The standard InChI is InChI=1S/C12H22O4/c1-4-8(2)6-14-9-5-10(13-3)12-15-7-11(9)16-12/h8-12H,4-7H2,1-3H3/t8?,9-,10+,11+,12?/m0/s1. The number of methoxy groups -OCH3 is 1. The molecule has 0 amide bonds. The first-order valence-corrected chi connectivity index (χ1v) is 6.16. The Bertz CT molecular complexity index is 221. The number of hydrogen-bond donors (Lipinski definition) is 0. The summed E-state index contributed by atoms with van der Waals surface area (Å²) in [4.78, 5) is 0. The van der Waals surface area contributed by atoms with Gasteiger partial charge in [0.2, 0.25) is 0 Å². The highest BCUT2D eigenvalue weighted by Gasteiger charge is 2.44. The molecule has 16 heavy (non-hydrogen) atoms. The highest BCUT2D eigenvalue weighted by molar-refractivity contribution is 4.87. The van der Waals surface area contributed by atoms with Crippen molar-refractivity contribution in [2.45, 2.75) is 51.3 Å². The summed E-state index contributed by atoms with van der Waals surface area (Å²) in [5.74, 6) is 0.598. The SMILES string of the molecule is CCC(C)CO[C@H]1C[C@@H](OC)C2OC[C@H]1O2. The van der Waals surface area contributed by atoms with E-state index in [-0.39, 0.29) is 24.6 Å². The fourth-order valence-electron chi connectivity index (χ4n) is 2.11. The van der Waals surface area contributed by atoms with Crippen molar-refractivity contribution < 1.29 is 18.9 Å². The van der Waals surface area contributed by atoms with Gasteiger partial charge >= 0.3 is 0 Å². The van der Waals surface area contributed by atoms with Crippen LogP contribution >= 0.6 is 0 Å². The van der Waals surface area contributed by atoms with Gasteiger partial charge in [-0.1, -0.05) is 20.3 Å². The smallest absolute Gasteiger partial charge is 0.184 e. The Morgan fingerprint density at radius 2 is 2.19 bits per heavy atom. The van der Waals surface area contributed by atoms with E-state index >= 15 is 0 Å². The van der Waals surface area contributed by atoms with Crippen molar-refractivity contribution in [2.75, 3.05) is 20.3 Å². The third-order valence-corrected chi connectivity index (χ3v) is 3.51. The second-order valence-electron chi connectivity index (χ2n) is 4.77. The third-order valence-electron chi connectivity index (χ3n) is 3.51. The lowest BCUT2D eigenvalue weighted by molar-refractivity contribution is -0.200. The lowest BCUT2D eigenvalue weighted by Crippen LogP contribution is -2.44. The first kappa shape index (κ1) is 12.3. The Hall–Kier alpha value is -0.160. The molecule has 0 N–H and O–H groups in total. The van der Waals surface area contributed by atoms with Gasteiger partial charge in [0.1, 0.15) is 12.2 Å². The zero-order valence-corrected chi connectivity index (χ0v) is 10.3. The first-order chi connectivity index (χ1) is 7.74. The molecular weight excluding hydrogens is 208 g/mol. The zero-order valence-electron chi connectivity index (χ0n) is 10.3. The molecule has 0 aromatic carbocycles. The van der Waals surface area contributed by atoms with Crippen LogP contribution in [0.2, 0.25) is 0 Å². The van der Waals surface area contributed by atoms with Crippen molar-refractivity contribution in [3.05, 3.63) is 0 Å². The molecule has 2 unspecified atom stereocenters. The van der Waals surface area contributed by atoms with Gasteiger partial charge < -0.3 is 18.9 Å². The van der Waals surface area contributed by atoms with Crippen LogP contribution in [0.15, 0.2) is 0 Å². The van der Waals surface area contributed by atoms with Gasteiger partial charge in [-0.15, -0.1) is 0 Å². The van der Waals surface area contributed by atoms with E-state index in [1.54, 1.807) is 7.11 Å². The minimum absolute atomic E-state index is 0.0145. The number of hydrogen-bond acceptors (Lipinski definition) is 4. The van der Waals surface area contributed by atoms with Crippen LogP contribution in [0.3, 0.4) is 0 Å². The molecule has 4 nitrogen and oxygen atoms in total. The number of ether oxygens (including phenoxy) is 4. The van der Waals surface area contributed by atoms with Gasteiger partial charge in [-0.3, -0.25) is 0 Å². The van der Waals surface area contributed by atoms with Crippen molar-refractivity contribution in [3.63, 3.8) is 0 Å². The topological polar surface area (TPSA) is 36.9 Å². The molecule has 0 aromatic heterocycles. The van der Waals surface area contributed by atoms with E-state index < -0.39 is 0 Å². The van der Waals surface area contributed by atoms with Gasteiger partial charge in [-0.2, -0.15) is 0 Å². The highest BCUT2D eigenvalue weighted by Crippen LogP contribution is 2.31. The summed E-state index contributed by atoms with van der Waals surface area (Å²) in [6.07, 6.45) is 2.07. The maximum atomic E-state index is 5.91. The van der Waals surface area contributed by atoms with Crippen LogP contribution in [0.4, 0.5) is 0 Å². The molecule has 2 fully saturated rings. The molecule has 0 aromatic rings. The number of fused-ring (bicyclic) bond motifs is 2. The average molecular weight is 230 g/mol. The Morgan fingerprint density at radius 1 is 1.38 bits per heavy atom. The molecule has 5 atom stereocenters. The van der Waals surface area contributed by atoms with Crippen molar-refractivity contribution >= 4 is 0 Å². The van der Waals surface area contributed by atoms with Crippen molar-refractivity contribution in [3.8, 4) is 0 Å². The summed E-state index contributed by atoms with van der Waals surface area (Å²) in [5, 5.41) is 0. The van der Waals surface area contributed by atoms with Crippen LogP contribution in [0.5, 0.6) is 0 Å². The van der Waals surface area contributed by atoms with Crippen LogP contribution in [-0.2, 0) is 18.9 Å². The van der Waals surface area contributed by atoms with Crippen LogP contribution in [0.25, 0.3) is 0 Å². The molecule has 2 aliphatic heterocycles. The van der Waals surface area contributed by atoms with Gasteiger partial charge in [0.15, 0.2) is 6.29 Å². The molecular formula is C12H22O4. The van der Waals surface area contributed by atoms with Gasteiger partial charge in [0.05, 0.1) is 12.7 Å². The Morgan fingerprint density at radius 3 is 2.88 bits per heavy atom. The zero-order chi connectivity index (χ0) is 11.5. The lowest BCUT2D eigenvalue weighted by atomic mass is 10.0. The van der Waals surface area contributed by atoms with Crippen molar-refractivity contribution in [1.82, 2.24) is 0 Å². The van der Waals surface area contributed by atoms with Gasteiger partial charge in [0.25, 0.3) is 0 Å². The van der Waals surface area contributed by atoms with Crippen LogP contribution < -0.4 is 0 Å². The molecule has 2 heterocycles. The highest BCUT2D eigenvalue weighted by atomic mass is 16.7. The summed E-state index contributed by atoms with van der Waals surface area (Å²) in [6, 6.07) is 0. The van der Waals surface area contributed by atoms with Gasteiger partial charge in [-0.05, 0) is 5.92 Å². The molecule has 2 aliphatic rings. The van der Waals surface area contributed by atoms with Gasteiger partial charge in [0, 0.05) is 20.1 Å². The quantitative estimate of drug-likeness (QED) is 0.718. The molecule has 0 aliphatic carbocycles. The maximum Gasteiger partial charge on any atom is 0.184 e. The minimum atomic E-state index is -0.182. The monoisotopic (exact) mass is 230 g/mol. The fraction of sp³-hybridized carbons (Fsp3) is 1.00. The normalized spacial score (nSPS) is 39.9. The third kappa shape index (κ3) is 2.56. The molecule has 2 saturated heterocycles. The van der Waals surface area contributed by atoms with E-state index in [1.165, 1.54) is 0 Å². The van der Waals surface area contributed by atoms with E-state index in [9.17, 15) is 0 Å². The molecule has 94 valence electrons. The number of rotatable bonds is 5. The Kier molecular flexibility index (Phi) is 4.19. The van der Waals surface area contributed by atoms with E-state index in [0.717, 1.165) is 19.4 Å². The molecule has 0 saturated carbocycles. The molecule has 0 spiro atoms. The van der Waals surface area contributed by atoms with Crippen LogP contribution in [-0.4, -0.2) is 44.9 Å². The minimum Gasteiger partial charge on any atom is -0.376 e. The van der Waals surface area contributed by atoms with E-state index in [4.69, 9.17) is 18.9 Å². The molecule has 2 rings (SSSR count). The second kappa shape index (κ2) is 5.45. The predicted octanol–water partition coefficient (Wildman–Crippen LogP) is 1.58. The summed E-state index contributed by atoms with van der Waals surface area (Å²) in [5.41, 5.74) is 0. The maximum absolute atomic E-state index is 5.91. The molecule has 2 bridgehead atoms. The lowest BCUT2D eigenvalue weighted by Gasteiger charge is -2.33. The van der Waals surface area contributed by atoms with Crippen LogP contribution in [0.1, 0.15) is 26.7 Å². The summed E-state index contributed by atoms with van der Waals surface area (Å²) in [6.45, 7) is 5.81. The van der Waals surface area contributed by atoms with Gasteiger partial charge in [-0.25, -0.2) is 0 Å². The second-order valence-corrected chi connectivity index (χ2v) is 4.77. The predicted molar refractivity (Wildman–Crippen MR) is 59.2 cm³/mol. The van der Waals surface area contributed by atoms with Crippen molar-refractivity contribution in [1.29, 1.82) is 0 Å². The average Bonchev–Trinajstić information content (AvgIpc) is 2.73. The summed E-state index contributed by atoms with van der Waals surface area (Å²) in [7, 11) is 1.70.